The van der Waals surface area contributed by atoms with Gasteiger partial charge in [0, 0.05) is 25.2 Å². The zero-order valence-electron chi connectivity index (χ0n) is 13.5. The second-order valence-electron chi connectivity index (χ2n) is 6.23. The van der Waals surface area contributed by atoms with E-state index >= 15 is 0 Å². The first-order valence-electron chi connectivity index (χ1n) is 8.01. The van der Waals surface area contributed by atoms with E-state index in [1.165, 1.54) is 18.4 Å². The molecule has 5 heteroatoms. The minimum absolute atomic E-state index is 0.142. The molecule has 1 heterocycles. The van der Waals surface area contributed by atoms with E-state index < -0.39 is 0 Å². The summed E-state index contributed by atoms with van der Waals surface area (Å²) in [7, 11) is 1.94. The highest BCUT2D eigenvalue weighted by molar-refractivity contribution is 5.76. The number of hydrogen-bond acceptors (Lipinski definition) is 3. The van der Waals surface area contributed by atoms with Crippen molar-refractivity contribution in [1.29, 1.82) is 0 Å². The van der Waals surface area contributed by atoms with E-state index in [0.29, 0.717) is 18.9 Å². The van der Waals surface area contributed by atoms with Crippen LogP contribution in [0.4, 0.5) is 0 Å². The minimum atomic E-state index is 0.142. The maximum Gasteiger partial charge on any atom is 0.220 e. The van der Waals surface area contributed by atoms with Crippen molar-refractivity contribution in [3.05, 3.63) is 17.0 Å². The SMILES string of the molecule is Cc1nn(C)c(C)c1CCC(=O)NC1CCCCC1CN. The van der Waals surface area contributed by atoms with Gasteiger partial charge in [-0.1, -0.05) is 12.8 Å². The first kappa shape index (κ1) is 16.0. The van der Waals surface area contributed by atoms with Gasteiger partial charge >= 0.3 is 0 Å². The van der Waals surface area contributed by atoms with Gasteiger partial charge in [0.2, 0.25) is 5.91 Å². The molecule has 0 saturated heterocycles. The fourth-order valence-electron chi connectivity index (χ4n) is 3.38. The van der Waals surface area contributed by atoms with Gasteiger partial charge in [-0.05, 0) is 51.1 Å². The average Bonchev–Trinajstić information content (AvgIpc) is 2.71. The maximum atomic E-state index is 12.2. The van der Waals surface area contributed by atoms with E-state index in [1.54, 1.807) is 0 Å². The molecule has 1 aliphatic carbocycles. The Morgan fingerprint density at radius 3 is 2.71 bits per heavy atom. The molecule has 1 fully saturated rings. The van der Waals surface area contributed by atoms with Crippen molar-refractivity contribution in [1.82, 2.24) is 15.1 Å². The Balaban J connectivity index is 1.87. The Bertz CT molecular complexity index is 495. The summed E-state index contributed by atoms with van der Waals surface area (Å²) in [5.41, 5.74) is 9.19. The van der Waals surface area contributed by atoms with E-state index in [0.717, 1.165) is 30.7 Å². The highest BCUT2D eigenvalue weighted by Crippen LogP contribution is 2.23. The van der Waals surface area contributed by atoms with Crippen molar-refractivity contribution < 1.29 is 4.79 Å². The van der Waals surface area contributed by atoms with E-state index in [1.807, 2.05) is 18.7 Å². The van der Waals surface area contributed by atoms with E-state index in [2.05, 4.69) is 17.3 Å². The van der Waals surface area contributed by atoms with Crippen LogP contribution in [-0.4, -0.2) is 28.3 Å². The normalized spacial score (nSPS) is 22.3. The molecule has 0 aromatic carbocycles. The molecule has 1 saturated carbocycles. The van der Waals surface area contributed by atoms with Gasteiger partial charge in [-0.2, -0.15) is 5.10 Å². The van der Waals surface area contributed by atoms with Gasteiger partial charge in [0.25, 0.3) is 0 Å². The Labute approximate surface area is 127 Å². The zero-order valence-corrected chi connectivity index (χ0v) is 13.5. The molecule has 1 aromatic heterocycles. The topological polar surface area (TPSA) is 72.9 Å². The molecule has 118 valence electrons. The molecule has 2 unspecified atom stereocenters. The fourth-order valence-corrected chi connectivity index (χ4v) is 3.38. The van der Waals surface area contributed by atoms with Gasteiger partial charge in [-0.15, -0.1) is 0 Å². The van der Waals surface area contributed by atoms with Crippen molar-refractivity contribution in [3.8, 4) is 0 Å². The quantitative estimate of drug-likeness (QED) is 0.866. The minimum Gasteiger partial charge on any atom is -0.353 e. The number of aryl methyl sites for hydroxylation is 2. The summed E-state index contributed by atoms with van der Waals surface area (Å²) < 4.78 is 1.88. The number of nitrogens with two attached hydrogens (primary N) is 1. The second kappa shape index (κ2) is 7.07. The van der Waals surface area contributed by atoms with Crippen LogP contribution >= 0.6 is 0 Å². The lowest BCUT2D eigenvalue weighted by atomic mass is 9.84. The summed E-state index contributed by atoms with van der Waals surface area (Å²) in [6, 6.07) is 0.271. The molecule has 2 rings (SSSR count). The molecule has 0 aliphatic heterocycles. The maximum absolute atomic E-state index is 12.2. The first-order chi connectivity index (χ1) is 10.0. The number of amides is 1. The molecule has 5 nitrogen and oxygen atoms in total. The van der Waals surface area contributed by atoms with Crippen LogP contribution in [0.25, 0.3) is 0 Å². The lowest BCUT2D eigenvalue weighted by Gasteiger charge is -2.31. The second-order valence-corrected chi connectivity index (χ2v) is 6.23. The van der Waals surface area contributed by atoms with E-state index in [4.69, 9.17) is 5.73 Å². The Hall–Kier alpha value is -1.36. The van der Waals surface area contributed by atoms with Gasteiger partial charge in [-0.3, -0.25) is 9.48 Å². The van der Waals surface area contributed by atoms with E-state index in [-0.39, 0.29) is 11.9 Å². The van der Waals surface area contributed by atoms with Crippen LogP contribution in [-0.2, 0) is 18.3 Å². The van der Waals surface area contributed by atoms with Gasteiger partial charge in [0.15, 0.2) is 0 Å². The molecule has 1 amide bonds. The smallest absolute Gasteiger partial charge is 0.220 e. The number of nitrogens with one attached hydrogen (secondary N) is 1. The number of rotatable bonds is 5. The fraction of sp³-hybridized carbons (Fsp3) is 0.750. The predicted molar refractivity (Wildman–Crippen MR) is 83.9 cm³/mol. The summed E-state index contributed by atoms with van der Waals surface area (Å²) in [5, 5.41) is 7.59. The third-order valence-electron chi connectivity index (χ3n) is 4.82. The Morgan fingerprint density at radius 1 is 1.38 bits per heavy atom. The largest absolute Gasteiger partial charge is 0.353 e. The molecular formula is C16H28N4O. The summed E-state index contributed by atoms with van der Waals surface area (Å²) >= 11 is 0. The van der Waals surface area contributed by atoms with Crippen LogP contribution < -0.4 is 11.1 Å². The van der Waals surface area contributed by atoms with Gasteiger partial charge in [-0.25, -0.2) is 0 Å². The van der Waals surface area contributed by atoms with Crippen LogP contribution in [0.15, 0.2) is 0 Å². The molecular weight excluding hydrogens is 264 g/mol. The van der Waals surface area contributed by atoms with Crippen LogP contribution in [0, 0.1) is 19.8 Å². The summed E-state index contributed by atoms with van der Waals surface area (Å²) in [6.45, 7) is 4.73. The monoisotopic (exact) mass is 292 g/mol. The van der Waals surface area contributed by atoms with Crippen molar-refractivity contribution in [3.63, 3.8) is 0 Å². The molecule has 1 aliphatic rings. The number of nitrogens with zero attached hydrogens (tertiary/aromatic N) is 2. The predicted octanol–water partition coefficient (Wildman–Crippen LogP) is 1.60. The van der Waals surface area contributed by atoms with Crippen molar-refractivity contribution in [2.75, 3.05) is 6.54 Å². The molecule has 0 spiro atoms. The van der Waals surface area contributed by atoms with Crippen LogP contribution in [0.3, 0.4) is 0 Å². The lowest BCUT2D eigenvalue weighted by molar-refractivity contribution is -0.122. The molecule has 3 N–H and O–H groups in total. The molecule has 21 heavy (non-hydrogen) atoms. The van der Waals surface area contributed by atoms with Crippen LogP contribution in [0.2, 0.25) is 0 Å². The molecule has 0 bridgehead atoms. The standard InChI is InChI=1S/C16H28N4O/c1-11-14(12(2)20(3)19-11)8-9-16(21)18-15-7-5-4-6-13(15)10-17/h13,15H,4-10,17H2,1-3H3,(H,18,21). The molecule has 2 atom stereocenters. The Morgan fingerprint density at radius 2 is 2.10 bits per heavy atom. The van der Waals surface area contributed by atoms with Crippen molar-refractivity contribution >= 4 is 5.91 Å². The molecule has 1 aromatic rings. The lowest BCUT2D eigenvalue weighted by Crippen LogP contribution is -2.44. The van der Waals surface area contributed by atoms with Crippen molar-refractivity contribution in [2.45, 2.75) is 58.4 Å². The van der Waals surface area contributed by atoms with Gasteiger partial charge in [0.05, 0.1) is 5.69 Å². The number of carbonyl (C=O) groups excluding carboxylic acids is 1. The Kier molecular flexibility index (Phi) is 5.39. The van der Waals surface area contributed by atoms with Crippen molar-refractivity contribution in [2.24, 2.45) is 18.7 Å². The summed E-state index contributed by atoms with van der Waals surface area (Å²) in [5.74, 6) is 0.590. The zero-order chi connectivity index (χ0) is 15.4. The van der Waals surface area contributed by atoms with Crippen LogP contribution in [0.1, 0.15) is 49.1 Å². The first-order valence-corrected chi connectivity index (χ1v) is 8.01. The third-order valence-corrected chi connectivity index (χ3v) is 4.82. The number of aromatic nitrogens is 2. The van der Waals surface area contributed by atoms with E-state index in [9.17, 15) is 4.79 Å². The highest BCUT2D eigenvalue weighted by atomic mass is 16.1. The highest BCUT2D eigenvalue weighted by Gasteiger charge is 2.25. The third kappa shape index (κ3) is 3.84. The summed E-state index contributed by atoms with van der Waals surface area (Å²) in [6.07, 6.45) is 5.93. The van der Waals surface area contributed by atoms with Gasteiger partial charge < -0.3 is 11.1 Å². The number of carbonyl (C=O) groups is 1. The van der Waals surface area contributed by atoms with Gasteiger partial charge in [0.1, 0.15) is 0 Å². The van der Waals surface area contributed by atoms with Crippen LogP contribution in [0.5, 0.6) is 0 Å². The molecule has 0 radical (unpaired) electrons. The average molecular weight is 292 g/mol. The number of hydrogen-bond donors (Lipinski definition) is 2. The summed E-state index contributed by atoms with van der Waals surface area (Å²) in [4.78, 5) is 12.2.